The van der Waals surface area contributed by atoms with E-state index < -0.39 is 5.97 Å². The van der Waals surface area contributed by atoms with Crippen molar-refractivity contribution in [3.63, 3.8) is 0 Å². The molecule has 2 heterocycles. The lowest BCUT2D eigenvalue weighted by atomic mass is 10.3. The van der Waals surface area contributed by atoms with Crippen molar-refractivity contribution in [2.24, 2.45) is 7.05 Å². The van der Waals surface area contributed by atoms with Gasteiger partial charge < -0.3 is 15.0 Å². The Morgan fingerprint density at radius 2 is 2.20 bits per heavy atom. The van der Waals surface area contributed by atoms with E-state index in [1.54, 1.807) is 36.0 Å². The lowest BCUT2D eigenvalue weighted by Crippen LogP contribution is -2.13. The van der Waals surface area contributed by atoms with E-state index >= 15 is 0 Å². The summed E-state index contributed by atoms with van der Waals surface area (Å²) in [5.74, 6) is -1.11. The average molecular weight is 272 g/mol. The standard InChI is InChI=1S/C13H12N4O3/c1-17-7-10(14-8-17)13(20)16-11-4-2-3-9(15-11)5-6-12(18)19/h2-8H,1H3,(H,18,19)(H,15,16,20)/b6-5+. The molecule has 7 heteroatoms. The maximum Gasteiger partial charge on any atom is 0.328 e. The molecule has 0 saturated carbocycles. The number of carboxylic acid groups (broad SMARTS) is 1. The number of carbonyl (C=O) groups excluding carboxylic acids is 1. The number of anilines is 1. The van der Waals surface area contributed by atoms with Crippen LogP contribution in [0.1, 0.15) is 16.2 Å². The number of imidazole rings is 1. The fraction of sp³-hybridized carbons (Fsp3) is 0.0769. The summed E-state index contributed by atoms with van der Waals surface area (Å²) in [4.78, 5) is 30.3. The zero-order valence-corrected chi connectivity index (χ0v) is 10.6. The van der Waals surface area contributed by atoms with Gasteiger partial charge in [-0.1, -0.05) is 6.07 Å². The molecule has 0 aromatic carbocycles. The second-order valence-electron chi connectivity index (χ2n) is 4.00. The minimum atomic E-state index is -1.06. The van der Waals surface area contributed by atoms with Crippen LogP contribution < -0.4 is 5.32 Å². The van der Waals surface area contributed by atoms with Crippen molar-refractivity contribution < 1.29 is 14.7 Å². The lowest BCUT2D eigenvalue weighted by molar-refractivity contribution is -0.131. The number of aryl methyl sites for hydroxylation is 1. The number of hydrogen-bond donors (Lipinski definition) is 2. The number of aliphatic carboxylic acids is 1. The summed E-state index contributed by atoms with van der Waals surface area (Å²) in [5, 5.41) is 11.1. The van der Waals surface area contributed by atoms with Crippen LogP contribution >= 0.6 is 0 Å². The van der Waals surface area contributed by atoms with E-state index in [-0.39, 0.29) is 11.6 Å². The maximum atomic E-state index is 11.9. The van der Waals surface area contributed by atoms with E-state index in [9.17, 15) is 9.59 Å². The molecule has 0 aliphatic rings. The highest BCUT2D eigenvalue weighted by atomic mass is 16.4. The fourth-order valence-electron chi connectivity index (χ4n) is 1.48. The first-order chi connectivity index (χ1) is 9.54. The van der Waals surface area contributed by atoms with Gasteiger partial charge in [0.15, 0.2) is 0 Å². The Balaban J connectivity index is 2.11. The molecule has 0 radical (unpaired) electrons. The molecule has 1 amide bonds. The summed E-state index contributed by atoms with van der Waals surface area (Å²) in [6, 6.07) is 4.91. The molecule has 0 bridgehead atoms. The lowest BCUT2D eigenvalue weighted by Gasteiger charge is -2.02. The molecule has 0 atom stereocenters. The molecule has 20 heavy (non-hydrogen) atoms. The molecule has 0 unspecified atom stereocenters. The summed E-state index contributed by atoms with van der Waals surface area (Å²) in [7, 11) is 1.76. The van der Waals surface area contributed by atoms with Crippen LogP contribution in [0.4, 0.5) is 5.82 Å². The normalized spacial score (nSPS) is 10.7. The molecular weight excluding hydrogens is 260 g/mol. The van der Waals surface area contributed by atoms with Crippen molar-refractivity contribution in [2.45, 2.75) is 0 Å². The van der Waals surface area contributed by atoms with E-state index in [1.165, 1.54) is 12.4 Å². The number of aromatic nitrogens is 3. The molecule has 0 saturated heterocycles. The molecule has 7 nitrogen and oxygen atoms in total. The molecule has 2 rings (SSSR count). The zero-order valence-electron chi connectivity index (χ0n) is 10.6. The van der Waals surface area contributed by atoms with Gasteiger partial charge >= 0.3 is 5.97 Å². The first-order valence-electron chi connectivity index (χ1n) is 5.72. The molecular formula is C13H12N4O3. The molecule has 0 fully saturated rings. The predicted molar refractivity (Wildman–Crippen MR) is 72.1 cm³/mol. The Morgan fingerprint density at radius 1 is 1.40 bits per heavy atom. The van der Waals surface area contributed by atoms with Gasteiger partial charge in [-0.25, -0.2) is 14.8 Å². The van der Waals surface area contributed by atoms with Gasteiger partial charge in [-0.15, -0.1) is 0 Å². The van der Waals surface area contributed by atoms with E-state index in [4.69, 9.17) is 5.11 Å². The molecule has 2 N–H and O–H groups in total. The molecule has 0 spiro atoms. The van der Waals surface area contributed by atoms with Gasteiger partial charge in [0.1, 0.15) is 11.5 Å². The molecule has 0 aliphatic carbocycles. The third-order valence-corrected chi connectivity index (χ3v) is 2.35. The SMILES string of the molecule is Cn1cnc(C(=O)Nc2cccc(/C=C/C(=O)O)n2)c1. The first-order valence-corrected chi connectivity index (χ1v) is 5.72. The summed E-state index contributed by atoms with van der Waals surface area (Å²) < 4.78 is 1.66. The van der Waals surface area contributed by atoms with E-state index in [0.717, 1.165) is 6.08 Å². The fourth-order valence-corrected chi connectivity index (χ4v) is 1.48. The number of pyridine rings is 1. The van der Waals surface area contributed by atoms with Crippen LogP contribution in [-0.2, 0) is 11.8 Å². The number of nitrogens with one attached hydrogen (secondary N) is 1. The van der Waals surface area contributed by atoms with Crippen molar-refractivity contribution >= 4 is 23.8 Å². The van der Waals surface area contributed by atoms with E-state index in [0.29, 0.717) is 11.5 Å². The molecule has 2 aromatic rings. The van der Waals surface area contributed by atoms with Gasteiger partial charge in [-0.3, -0.25) is 4.79 Å². The van der Waals surface area contributed by atoms with Gasteiger partial charge in [0.25, 0.3) is 5.91 Å². The second kappa shape index (κ2) is 5.79. The Morgan fingerprint density at radius 3 is 2.85 bits per heavy atom. The summed E-state index contributed by atoms with van der Waals surface area (Å²) in [6.45, 7) is 0. The van der Waals surface area contributed by atoms with Gasteiger partial charge in [0.05, 0.1) is 12.0 Å². The van der Waals surface area contributed by atoms with Gasteiger partial charge in [-0.2, -0.15) is 0 Å². The Hall–Kier alpha value is -2.96. The van der Waals surface area contributed by atoms with E-state index in [1.807, 2.05) is 0 Å². The van der Waals surface area contributed by atoms with E-state index in [2.05, 4.69) is 15.3 Å². The van der Waals surface area contributed by atoms with Crippen molar-refractivity contribution in [2.75, 3.05) is 5.32 Å². The van der Waals surface area contributed by atoms with Crippen molar-refractivity contribution in [1.29, 1.82) is 0 Å². The summed E-state index contributed by atoms with van der Waals surface area (Å²) >= 11 is 0. The topological polar surface area (TPSA) is 97.1 Å². The van der Waals surface area contributed by atoms with Crippen LogP contribution in [0.25, 0.3) is 6.08 Å². The summed E-state index contributed by atoms with van der Waals surface area (Å²) in [5.41, 5.74) is 0.715. The van der Waals surface area contributed by atoms with Gasteiger partial charge in [-0.05, 0) is 18.2 Å². The Labute approximate surface area is 114 Å². The monoisotopic (exact) mass is 272 g/mol. The van der Waals surface area contributed by atoms with Crippen LogP contribution in [0, 0.1) is 0 Å². The minimum absolute atomic E-state index is 0.279. The van der Waals surface area contributed by atoms with Crippen LogP contribution in [0.2, 0.25) is 0 Å². The molecule has 2 aromatic heterocycles. The third-order valence-electron chi connectivity index (χ3n) is 2.35. The van der Waals surface area contributed by atoms with Gasteiger partial charge in [0, 0.05) is 19.3 Å². The van der Waals surface area contributed by atoms with Crippen LogP contribution in [-0.4, -0.2) is 31.5 Å². The minimum Gasteiger partial charge on any atom is -0.478 e. The van der Waals surface area contributed by atoms with Crippen LogP contribution in [0.5, 0.6) is 0 Å². The quantitative estimate of drug-likeness (QED) is 0.814. The van der Waals surface area contributed by atoms with Crippen molar-refractivity contribution in [3.05, 3.63) is 48.2 Å². The predicted octanol–water partition coefficient (Wildman–Crippen LogP) is 1.17. The number of carboxylic acids is 1. The first kappa shape index (κ1) is 13.5. The smallest absolute Gasteiger partial charge is 0.328 e. The Kier molecular flexibility index (Phi) is 3.90. The number of amides is 1. The Bertz CT molecular complexity index is 676. The zero-order chi connectivity index (χ0) is 14.5. The van der Waals surface area contributed by atoms with Crippen molar-refractivity contribution in [1.82, 2.24) is 14.5 Å². The van der Waals surface area contributed by atoms with Crippen LogP contribution in [0.3, 0.4) is 0 Å². The largest absolute Gasteiger partial charge is 0.478 e. The second-order valence-corrected chi connectivity index (χ2v) is 4.00. The maximum absolute atomic E-state index is 11.9. The number of carbonyl (C=O) groups is 2. The number of nitrogens with zero attached hydrogens (tertiary/aromatic N) is 3. The highest BCUT2D eigenvalue weighted by Crippen LogP contribution is 2.08. The average Bonchev–Trinajstić information content (AvgIpc) is 2.84. The highest BCUT2D eigenvalue weighted by Gasteiger charge is 2.09. The third kappa shape index (κ3) is 3.52. The highest BCUT2D eigenvalue weighted by molar-refractivity contribution is 6.02. The number of hydrogen-bond acceptors (Lipinski definition) is 4. The molecule has 102 valence electrons. The van der Waals surface area contributed by atoms with Gasteiger partial charge in [0.2, 0.25) is 0 Å². The van der Waals surface area contributed by atoms with Crippen molar-refractivity contribution in [3.8, 4) is 0 Å². The molecule has 0 aliphatic heterocycles. The van der Waals surface area contributed by atoms with Crippen LogP contribution in [0.15, 0.2) is 36.8 Å². The summed E-state index contributed by atoms with van der Waals surface area (Å²) in [6.07, 6.45) is 5.43. The number of rotatable bonds is 4.